The van der Waals surface area contributed by atoms with Crippen LogP contribution in [0.15, 0.2) is 18.2 Å². The second-order valence-corrected chi connectivity index (χ2v) is 5.34. The summed E-state index contributed by atoms with van der Waals surface area (Å²) in [6.45, 7) is 2.01. The number of anilines is 1. The van der Waals surface area contributed by atoms with E-state index >= 15 is 0 Å². The Bertz CT molecular complexity index is 458. The molecule has 0 spiro atoms. The molecule has 4 nitrogen and oxygen atoms in total. The Labute approximate surface area is 113 Å². The van der Waals surface area contributed by atoms with E-state index in [-0.39, 0.29) is 5.84 Å². The fourth-order valence-corrected chi connectivity index (χ4v) is 2.61. The van der Waals surface area contributed by atoms with Gasteiger partial charge in [0.2, 0.25) is 0 Å². The van der Waals surface area contributed by atoms with Gasteiger partial charge in [-0.1, -0.05) is 11.6 Å². The summed E-state index contributed by atoms with van der Waals surface area (Å²) in [6.07, 6.45) is 1.15. The van der Waals surface area contributed by atoms with Gasteiger partial charge in [0.15, 0.2) is 0 Å². The molecule has 1 atom stereocenters. The van der Waals surface area contributed by atoms with Crippen LogP contribution in [0.2, 0.25) is 5.02 Å². The third-order valence-corrected chi connectivity index (χ3v) is 3.80. The highest BCUT2D eigenvalue weighted by Gasteiger charge is 2.25. The van der Waals surface area contributed by atoms with Gasteiger partial charge >= 0.3 is 0 Å². The molecule has 0 amide bonds. The SMILES string of the molecule is CN(C)C1CCN(c2ccc(C(=N)N)cc2Cl)C1. The van der Waals surface area contributed by atoms with Crippen molar-refractivity contribution < 1.29 is 0 Å². The summed E-state index contributed by atoms with van der Waals surface area (Å²) in [4.78, 5) is 4.54. The molecule has 1 aromatic carbocycles. The van der Waals surface area contributed by atoms with Gasteiger partial charge in [-0.25, -0.2) is 0 Å². The minimum atomic E-state index is 0.0519. The Morgan fingerprint density at radius 1 is 1.50 bits per heavy atom. The van der Waals surface area contributed by atoms with Crippen LogP contribution >= 0.6 is 11.6 Å². The van der Waals surface area contributed by atoms with Gasteiger partial charge in [-0.3, -0.25) is 5.41 Å². The highest BCUT2D eigenvalue weighted by Crippen LogP contribution is 2.30. The lowest BCUT2D eigenvalue weighted by molar-refractivity contribution is 0.315. The zero-order chi connectivity index (χ0) is 13.3. The van der Waals surface area contributed by atoms with E-state index in [4.69, 9.17) is 22.7 Å². The van der Waals surface area contributed by atoms with Crippen LogP contribution in [0.3, 0.4) is 0 Å². The highest BCUT2D eigenvalue weighted by atomic mass is 35.5. The van der Waals surface area contributed by atoms with Gasteiger partial charge in [-0.2, -0.15) is 0 Å². The molecule has 1 aliphatic heterocycles. The normalized spacial score (nSPS) is 19.6. The molecule has 18 heavy (non-hydrogen) atoms. The summed E-state index contributed by atoms with van der Waals surface area (Å²) in [7, 11) is 4.21. The number of halogens is 1. The van der Waals surface area contributed by atoms with E-state index in [1.54, 1.807) is 6.07 Å². The fraction of sp³-hybridized carbons (Fsp3) is 0.462. The minimum absolute atomic E-state index is 0.0519. The van der Waals surface area contributed by atoms with Gasteiger partial charge in [0.1, 0.15) is 5.84 Å². The Morgan fingerprint density at radius 2 is 2.22 bits per heavy atom. The van der Waals surface area contributed by atoms with E-state index in [9.17, 15) is 0 Å². The number of nitrogens with zero attached hydrogens (tertiary/aromatic N) is 2. The predicted octanol–water partition coefficient (Wildman–Crippen LogP) is 1.76. The van der Waals surface area contributed by atoms with Crippen molar-refractivity contribution in [3.8, 4) is 0 Å². The summed E-state index contributed by atoms with van der Waals surface area (Å²) in [5.41, 5.74) is 7.16. The number of amidine groups is 1. The van der Waals surface area contributed by atoms with E-state index in [0.717, 1.165) is 25.2 Å². The monoisotopic (exact) mass is 266 g/mol. The molecule has 0 bridgehead atoms. The van der Waals surface area contributed by atoms with Crippen molar-refractivity contribution in [2.75, 3.05) is 32.1 Å². The summed E-state index contributed by atoms with van der Waals surface area (Å²) in [5, 5.41) is 8.07. The Morgan fingerprint density at radius 3 is 2.72 bits per heavy atom. The minimum Gasteiger partial charge on any atom is -0.384 e. The molecule has 98 valence electrons. The number of benzene rings is 1. The molecule has 0 aromatic heterocycles. The molecular weight excluding hydrogens is 248 g/mol. The van der Waals surface area contributed by atoms with Crippen molar-refractivity contribution in [1.82, 2.24) is 4.90 Å². The number of rotatable bonds is 3. The molecule has 2 rings (SSSR count). The second-order valence-electron chi connectivity index (χ2n) is 4.93. The van der Waals surface area contributed by atoms with Gasteiger partial charge in [-0.05, 0) is 38.7 Å². The quantitative estimate of drug-likeness (QED) is 0.648. The zero-order valence-electron chi connectivity index (χ0n) is 10.8. The van der Waals surface area contributed by atoms with Crippen LogP contribution in [0, 0.1) is 5.41 Å². The molecule has 1 aromatic rings. The molecule has 1 heterocycles. The van der Waals surface area contributed by atoms with Crippen molar-refractivity contribution in [3.63, 3.8) is 0 Å². The lowest BCUT2D eigenvalue weighted by Gasteiger charge is -2.23. The first-order valence-corrected chi connectivity index (χ1v) is 6.42. The van der Waals surface area contributed by atoms with Crippen molar-refractivity contribution in [1.29, 1.82) is 5.41 Å². The van der Waals surface area contributed by atoms with Crippen LogP contribution in [0.5, 0.6) is 0 Å². The van der Waals surface area contributed by atoms with Crippen LogP contribution in [0.4, 0.5) is 5.69 Å². The van der Waals surface area contributed by atoms with Crippen LogP contribution in [0.1, 0.15) is 12.0 Å². The average molecular weight is 267 g/mol. The first kappa shape index (κ1) is 13.2. The molecule has 0 radical (unpaired) electrons. The van der Waals surface area contributed by atoms with Crippen LogP contribution < -0.4 is 10.6 Å². The van der Waals surface area contributed by atoms with Crippen molar-refractivity contribution >= 4 is 23.1 Å². The number of nitrogens with two attached hydrogens (primary N) is 1. The van der Waals surface area contributed by atoms with Crippen molar-refractivity contribution in [2.45, 2.75) is 12.5 Å². The van der Waals surface area contributed by atoms with Gasteiger partial charge in [0, 0.05) is 24.7 Å². The van der Waals surface area contributed by atoms with E-state index < -0.39 is 0 Å². The maximum atomic E-state index is 7.40. The third kappa shape index (κ3) is 2.60. The Balaban J connectivity index is 2.18. The summed E-state index contributed by atoms with van der Waals surface area (Å²) in [5.74, 6) is 0.0519. The summed E-state index contributed by atoms with van der Waals surface area (Å²) >= 11 is 6.27. The van der Waals surface area contributed by atoms with Gasteiger partial charge < -0.3 is 15.5 Å². The van der Waals surface area contributed by atoms with Gasteiger partial charge in [0.05, 0.1) is 10.7 Å². The Hall–Kier alpha value is -1.26. The molecule has 0 aliphatic carbocycles. The van der Waals surface area contributed by atoms with E-state index in [1.165, 1.54) is 0 Å². The Kier molecular flexibility index (Phi) is 3.78. The zero-order valence-corrected chi connectivity index (χ0v) is 11.5. The van der Waals surface area contributed by atoms with Crippen molar-refractivity contribution in [3.05, 3.63) is 28.8 Å². The number of hydrogen-bond acceptors (Lipinski definition) is 3. The maximum absolute atomic E-state index is 7.40. The molecule has 0 saturated carbocycles. The maximum Gasteiger partial charge on any atom is 0.122 e. The molecule has 1 fully saturated rings. The number of nitrogens with one attached hydrogen (secondary N) is 1. The standard InChI is InChI=1S/C13H19ClN4/c1-17(2)10-5-6-18(8-10)12-4-3-9(13(15)16)7-11(12)14/h3-4,7,10H,5-6,8H2,1-2H3,(H3,15,16). The largest absolute Gasteiger partial charge is 0.384 e. The predicted molar refractivity (Wildman–Crippen MR) is 76.8 cm³/mol. The summed E-state index contributed by atoms with van der Waals surface area (Å²) < 4.78 is 0. The molecular formula is C13H19ClN4. The van der Waals surface area contributed by atoms with Gasteiger partial charge in [0.25, 0.3) is 0 Å². The summed E-state index contributed by atoms with van der Waals surface area (Å²) in [6, 6.07) is 6.15. The van der Waals surface area contributed by atoms with Crippen LogP contribution in [-0.4, -0.2) is 44.0 Å². The number of likely N-dealkylation sites (N-methyl/N-ethyl adjacent to an activating group) is 1. The number of nitrogen functional groups attached to an aromatic ring is 1. The molecule has 3 N–H and O–H groups in total. The van der Waals surface area contributed by atoms with Gasteiger partial charge in [-0.15, -0.1) is 0 Å². The van der Waals surface area contributed by atoms with E-state index in [2.05, 4.69) is 23.9 Å². The lowest BCUT2D eigenvalue weighted by atomic mass is 10.2. The van der Waals surface area contributed by atoms with Crippen LogP contribution in [0.25, 0.3) is 0 Å². The molecule has 1 saturated heterocycles. The lowest BCUT2D eigenvalue weighted by Crippen LogP contribution is -2.31. The smallest absolute Gasteiger partial charge is 0.122 e. The van der Waals surface area contributed by atoms with E-state index in [0.29, 0.717) is 16.6 Å². The second kappa shape index (κ2) is 5.16. The third-order valence-electron chi connectivity index (χ3n) is 3.49. The first-order chi connectivity index (χ1) is 8.49. The molecule has 5 heteroatoms. The van der Waals surface area contributed by atoms with Crippen LogP contribution in [-0.2, 0) is 0 Å². The van der Waals surface area contributed by atoms with E-state index in [1.807, 2.05) is 12.1 Å². The average Bonchev–Trinajstić information content (AvgIpc) is 2.78. The topological polar surface area (TPSA) is 56.4 Å². The molecule has 1 unspecified atom stereocenters. The molecule has 1 aliphatic rings. The van der Waals surface area contributed by atoms with Crippen molar-refractivity contribution in [2.24, 2.45) is 5.73 Å². The fourth-order valence-electron chi connectivity index (χ4n) is 2.31. The first-order valence-electron chi connectivity index (χ1n) is 6.04. The number of hydrogen-bond donors (Lipinski definition) is 2. The highest BCUT2D eigenvalue weighted by molar-refractivity contribution is 6.33.